The zero-order valence-electron chi connectivity index (χ0n) is 18.1. The molecular formula is C25H26FN3O4. The van der Waals surface area contributed by atoms with Crippen LogP contribution in [-0.2, 0) is 32.1 Å². The number of halogens is 1. The summed E-state index contributed by atoms with van der Waals surface area (Å²) in [6.07, 6.45) is 2.25. The van der Waals surface area contributed by atoms with Crippen LogP contribution in [0.2, 0.25) is 0 Å². The summed E-state index contributed by atoms with van der Waals surface area (Å²) in [7, 11) is 0. The van der Waals surface area contributed by atoms with Crippen molar-refractivity contribution in [2.45, 2.75) is 56.8 Å². The molecule has 2 aliphatic rings. The number of ketones is 1. The first-order valence-corrected chi connectivity index (χ1v) is 11.1. The number of hydrogen-bond acceptors (Lipinski definition) is 4. The van der Waals surface area contributed by atoms with Gasteiger partial charge < -0.3 is 15.5 Å². The Kier molecular flexibility index (Phi) is 6.82. The Balaban J connectivity index is 1.49. The highest BCUT2D eigenvalue weighted by atomic mass is 19.1. The van der Waals surface area contributed by atoms with E-state index in [1.54, 1.807) is 18.2 Å². The van der Waals surface area contributed by atoms with Crippen LogP contribution in [0.3, 0.4) is 0 Å². The van der Waals surface area contributed by atoms with Crippen LogP contribution in [0.15, 0.2) is 54.6 Å². The first kappa shape index (κ1) is 22.6. The van der Waals surface area contributed by atoms with Crippen molar-refractivity contribution >= 4 is 23.5 Å². The number of rotatable bonds is 9. The molecule has 33 heavy (non-hydrogen) atoms. The van der Waals surface area contributed by atoms with Crippen LogP contribution in [0.5, 0.6) is 0 Å². The molecule has 172 valence electrons. The molecule has 2 fully saturated rings. The molecule has 1 saturated heterocycles. The predicted molar refractivity (Wildman–Crippen MR) is 118 cm³/mol. The molecule has 1 heterocycles. The Morgan fingerprint density at radius 3 is 2.39 bits per heavy atom. The van der Waals surface area contributed by atoms with E-state index in [0.29, 0.717) is 5.56 Å². The maximum Gasteiger partial charge on any atom is 0.289 e. The van der Waals surface area contributed by atoms with Gasteiger partial charge in [0.05, 0.1) is 0 Å². The van der Waals surface area contributed by atoms with Crippen LogP contribution in [0, 0.1) is 5.82 Å². The summed E-state index contributed by atoms with van der Waals surface area (Å²) in [6.45, 7) is -0.0386. The van der Waals surface area contributed by atoms with Crippen LogP contribution in [0.25, 0.3) is 0 Å². The van der Waals surface area contributed by atoms with Gasteiger partial charge in [-0.25, -0.2) is 4.39 Å². The van der Waals surface area contributed by atoms with Crippen molar-refractivity contribution in [2.75, 3.05) is 0 Å². The minimum Gasteiger partial charge on any atom is -0.347 e. The first-order chi connectivity index (χ1) is 15.9. The lowest BCUT2D eigenvalue weighted by Crippen LogP contribution is -2.53. The third-order valence-corrected chi connectivity index (χ3v) is 5.98. The first-order valence-electron chi connectivity index (χ1n) is 11.1. The molecule has 1 aliphatic heterocycles. The zero-order valence-corrected chi connectivity index (χ0v) is 18.1. The Bertz CT molecular complexity index is 1050. The lowest BCUT2D eigenvalue weighted by molar-refractivity contribution is -0.141. The van der Waals surface area contributed by atoms with Crippen LogP contribution in [0.4, 0.5) is 4.39 Å². The predicted octanol–water partition coefficient (Wildman–Crippen LogP) is 1.89. The molecule has 1 saturated carbocycles. The SMILES string of the molecule is O=C(NC1CC1)C(=O)C(Cc1ccccc1)NC(=O)[C@H]1CCC(=O)N1Cc1ccccc1F. The number of carbonyl (C=O) groups excluding carboxylic acids is 4. The number of carbonyl (C=O) groups is 4. The summed E-state index contributed by atoms with van der Waals surface area (Å²) < 4.78 is 14.1. The highest BCUT2D eigenvalue weighted by Gasteiger charge is 2.39. The summed E-state index contributed by atoms with van der Waals surface area (Å²) in [5.74, 6) is -2.67. The summed E-state index contributed by atoms with van der Waals surface area (Å²) >= 11 is 0. The normalized spacial score (nSPS) is 18.6. The third kappa shape index (κ3) is 5.63. The van der Waals surface area contributed by atoms with E-state index in [1.165, 1.54) is 11.0 Å². The molecular weight excluding hydrogens is 425 g/mol. The molecule has 2 atom stereocenters. The van der Waals surface area contributed by atoms with Gasteiger partial charge in [0.15, 0.2) is 0 Å². The number of nitrogens with one attached hydrogen (secondary N) is 2. The van der Waals surface area contributed by atoms with E-state index in [1.807, 2.05) is 30.3 Å². The summed E-state index contributed by atoms with van der Waals surface area (Å²) in [5, 5.41) is 5.37. The van der Waals surface area contributed by atoms with Crippen molar-refractivity contribution in [3.8, 4) is 0 Å². The van der Waals surface area contributed by atoms with E-state index in [0.717, 1.165) is 18.4 Å². The second kappa shape index (κ2) is 9.94. The van der Waals surface area contributed by atoms with Crippen molar-refractivity contribution < 1.29 is 23.6 Å². The van der Waals surface area contributed by atoms with Crippen molar-refractivity contribution in [3.63, 3.8) is 0 Å². The molecule has 2 aromatic carbocycles. The Labute approximate surface area is 191 Å². The van der Waals surface area contributed by atoms with Gasteiger partial charge in [-0.2, -0.15) is 0 Å². The van der Waals surface area contributed by atoms with Crippen LogP contribution >= 0.6 is 0 Å². The van der Waals surface area contributed by atoms with Gasteiger partial charge in [-0.05, 0) is 30.9 Å². The van der Waals surface area contributed by atoms with E-state index < -0.39 is 35.5 Å². The zero-order chi connectivity index (χ0) is 23.4. The fourth-order valence-electron chi connectivity index (χ4n) is 3.98. The number of likely N-dealkylation sites (tertiary alicyclic amines) is 1. The number of nitrogens with zero attached hydrogens (tertiary/aromatic N) is 1. The van der Waals surface area contributed by atoms with Gasteiger partial charge >= 0.3 is 0 Å². The number of hydrogen-bond donors (Lipinski definition) is 2. The van der Waals surface area contributed by atoms with Gasteiger partial charge in [-0.1, -0.05) is 48.5 Å². The van der Waals surface area contributed by atoms with Gasteiger partial charge in [-0.15, -0.1) is 0 Å². The third-order valence-electron chi connectivity index (χ3n) is 5.98. The molecule has 0 spiro atoms. The van der Waals surface area contributed by atoms with E-state index in [-0.39, 0.29) is 37.8 Å². The second-order valence-electron chi connectivity index (χ2n) is 8.53. The molecule has 1 aliphatic carbocycles. The van der Waals surface area contributed by atoms with E-state index in [2.05, 4.69) is 10.6 Å². The fraction of sp³-hybridized carbons (Fsp3) is 0.360. The van der Waals surface area contributed by atoms with Crippen molar-refractivity contribution in [1.29, 1.82) is 0 Å². The standard InChI is InChI=1S/C25H26FN3O4/c26-19-9-5-4-8-17(19)15-29-21(12-13-22(29)30)24(32)28-20(14-16-6-2-1-3-7-16)23(31)25(33)27-18-10-11-18/h1-9,18,20-21H,10-15H2,(H,27,33)(H,28,32)/t20?,21-/m1/s1. The number of benzene rings is 2. The molecule has 1 unspecified atom stereocenters. The van der Waals surface area contributed by atoms with Gasteiger partial charge in [0.2, 0.25) is 17.6 Å². The summed E-state index contributed by atoms with van der Waals surface area (Å²) in [4.78, 5) is 52.2. The highest BCUT2D eigenvalue weighted by molar-refractivity contribution is 6.38. The van der Waals surface area contributed by atoms with Crippen LogP contribution in [0.1, 0.15) is 36.8 Å². The summed E-state index contributed by atoms with van der Waals surface area (Å²) in [6, 6.07) is 13.3. The van der Waals surface area contributed by atoms with Crippen molar-refractivity contribution in [3.05, 3.63) is 71.5 Å². The molecule has 4 rings (SSSR count). The van der Waals surface area contributed by atoms with Crippen molar-refractivity contribution in [1.82, 2.24) is 15.5 Å². The van der Waals surface area contributed by atoms with E-state index in [4.69, 9.17) is 0 Å². The van der Waals surface area contributed by atoms with Gasteiger partial charge in [0.1, 0.15) is 17.9 Å². The molecule has 2 aromatic rings. The van der Waals surface area contributed by atoms with Crippen molar-refractivity contribution in [2.24, 2.45) is 0 Å². The Hall–Kier alpha value is -3.55. The molecule has 8 heteroatoms. The second-order valence-corrected chi connectivity index (χ2v) is 8.53. The summed E-state index contributed by atoms with van der Waals surface area (Å²) in [5.41, 5.74) is 1.10. The van der Waals surface area contributed by atoms with E-state index in [9.17, 15) is 23.6 Å². The van der Waals surface area contributed by atoms with E-state index >= 15 is 0 Å². The monoisotopic (exact) mass is 451 g/mol. The fourth-order valence-corrected chi connectivity index (χ4v) is 3.98. The topological polar surface area (TPSA) is 95.6 Å². The number of Topliss-reactive ketones (excluding diaryl/α,β-unsaturated/α-hetero) is 1. The minimum atomic E-state index is -1.07. The maximum absolute atomic E-state index is 14.1. The lowest BCUT2D eigenvalue weighted by Gasteiger charge is -2.26. The molecule has 0 aromatic heterocycles. The minimum absolute atomic E-state index is 0.0123. The molecule has 3 amide bonds. The van der Waals surface area contributed by atoms with Crippen LogP contribution < -0.4 is 10.6 Å². The Morgan fingerprint density at radius 1 is 1.00 bits per heavy atom. The van der Waals surface area contributed by atoms with Gasteiger partial charge in [0, 0.05) is 31.0 Å². The smallest absolute Gasteiger partial charge is 0.289 e. The highest BCUT2D eigenvalue weighted by Crippen LogP contribution is 2.23. The lowest BCUT2D eigenvalue weighted by atomic mass is 10.0. The number of amides is 3. The van der Waals surface area contributed by atoms with Crippen LogP contribution in [-0.4, -0.2) is 46.5 Å². The molecule has 2 N–H and O–H groups in total. The maximum atomic E-state index is 14.1. The van der Waals surface area contributed by atoms with Gasteiger partial charge in [-0.3, -0.25) is 19.2 Å². The Morgan fingerprint density at radius 2 is 1.70 bits per heavy atom. The quantitative estimate of drug-likeness (QED) is 0.569. The molecule has 0 bridgehead atoms. The molecule has 7 nitrogen and oxygen atoms in total. The van der Waals surface area contributed by atoms with Gasteiger partial charge in [0.25, 0.3) is 5.91 Å². The largest absolute Gasteiger partial charge is 0.347 e. The average molecular weight is 451 g/mol. The average Bonchev–Trinajstić information content (AvgIpc) is 3.55. The molecule has 0 radical (unpaired) electrons.